The minimum Gasteiger partial charge on any atom is -0.454 e. The van der Waals surface area contributed by atoms with Crippen LogP contribution >= 0.6 is 0 Å². The number of furan rings is 1. The van der Waals surface area contributed by atoms with Gasteiger partial charge in [-0.25, -0.2) is 0 Å². The summed E-state index contributed by atoms with van der Waals surface area (Å²) in [6, 6.07) is 8.67. The molecule has 1 fully saturated rings. The van der Waals surface area contributed by atoms with Crippen molar-refractivity contribution >= 4 is 11.9 Å². The first-order valence-corrected chi connectivity index (χ1v) is 9.24. The Balaban J connectivity index is 1.63. The smallest absolute Gasteiger partial charge is 0.416 e. The van der Waals surface area contributed by atoms with E-state index in [2.05, 4.69) is 15.6 Å². The molecule has 1 aromatic carbocycles. The highest BCUT2D eigenvalue weighted by atomic mass is 19.4. The van der Waals surface area contributed by atoms with Crippen LogP contribution in [-0.2, 0) is 18.1 Å². The van der Waals surface area contributed by atoms with Crippen LogP contribution in [0.3, 0.4) is 0 Å². The summed E-state index contributed by atoms with van der Waals surface area (Å²) in [5, 5.41) is 6.25. The topological polar surface area (TPSA) is 92.6 Å². The van der Waals surface area contributed by atoms with Gasteiger partial charge in [0.15, 0.2) is 11.7 Å². The molecule has 3 rings (SSSR count). The van der Waals surface area contributed by atoms with E-state index in [0.29, 0.717) is 23.8 Å². The maximum atomic E-state index is 13.1. The average molecular weight is 408 g/mol. The molecule has 1 aliphatic rings. The van der Waals surface area contributed by atoms with Crippen LogP contribution in [0.1, 0.15) is 46.7 Å². The maximum Gasteiger partial charge on any atom is 0.416 e. The molecule has 29 heavy (non-hydrogen) atoms. The highest BCUT2D eigenvalue weighted by Crippen LogP contribution is 2.44. The molecule has 1 aromatic heterocycles. The van der Waals surface area contributed by atoms with Crippen LogP contribution in [0, 0.1) is 0 Å². The SMILES string of the molecule is CN=C(NCc1ccc(C(N)=O)o1)NCC1(c2cccc(C(F)(F)F)c2)CCC1. The lowest BCUT2D eigenvalue weighted by Crippen LogP contribution is -2.48. The van der Waals surface area contributed by atoms with Gasteiger partial charge in [-0.05, 0) is 36.6 Å². The van der Waals surface area contributed by atoms with Crippen molar-refractivity contribution < 1.29 is 22.4 Å². The first kappa shape index (κ1) is 20.8. The zero-order chi connectivity index (χ0) is 21.1. The largest absolute Gasteiger partial charge is 0.454 e. The summed E-state index contributed by atoms with van der Waals surface area (Å²) in [5.41, 5.74) is 4.85. The van der Waals surface area contributed by atoms with Crippen molar-refractivity contribution in [3.8, 4) is 0 Å². The minimum absolute atomic E-state index is 0.0720. The Labute approximate surface area is 166 Å². The molecule has 1 aliphatic carbocycles. The number of nitrogens with zero attached hydrogens (tertiary/aromatic N) is 1. The number of carbonyl (C=O) groups excluding carboxylic acids is 1. The maximum absolute atomic E-state index is 13.1. The molecule has 1 heterocycles. The Kier molecular flexibility index (Phi) is 5.86. The van der Waals surface area contributed by atoms with Gasteiger partial charge in [-0.2, -0.15) is 13.2 Å². The van der Waals surface area contributed by atoms with Crippen molar-refractivity contribution in [1.82, 2.24) is 10.6 Å². The predicted octanol–water partition coefficient (Wildman–Crippen LogP) is 3.18. The Morgan fingerprint density at radius 1 is 1.24 bits per heavy atom. The summed E-state index contributed by atoms with van der Waals surface area (Å²) in [6.07, 6.45) is -1.79. The fourth-order valence-electron chi connectivity index (χ4n) is 3.45. The van der Waals surface area contributed by atoms with Crippen LogP contribution in [0.2, 0.25) is 0 Å². The summed E-state index contributed by atoms with van der Waals surface area (Å²) < 4.78 is 44.5. The van der Waals surface area contributed by atoms with Gasteiger partial charge in [0.05, 0.1) is 12.1 Å². The molecule has 0 atom stereocenters. The van der Waals surface area contributed by atoms with Gasteiger partial charge >= 0.3 is 6.18 Å². The zero-order valence-electron chi connectivity index (χ0n) is 16.0. The van der Waals surface area contributed by atoms with Crippen LogP contribution in [0.25, 0.3) is 0 Å². The van der Waals surface area contributed by atoms with E-state index in [1.54, 1.807) is 19.2 Å². The van der Waals surface area contributed by atoms with E-state index in [0.717, 1.165) is 25.3 Å². The van der Waals surface area contributed by atoms with Gasteiger partial charge in [0.25, 0.3) is 5.91 Å². The van der Waals surface area contributed by atoms with E-state index >= 15 is 0 Å². The number of guanidine groups is 1. The Morgan fingerprint density at radius 3 is 2.55 bits per heavy atom. The van der Waals surface area contributed by atoms with E-state index < -0.39 is 17.6 Å². The van der Waals surface area contributed by atoms with Crippen molar-refractivity contribution in [1.29, 1.82) is 0 Å². The lowest BCUT2D eigenvalue weighted by molar-refractivity contribution is -0.137. The Morgan fingerprint density at radius 2 is 2.00 bits per heavy atom. The standard InChI is InChI=1S/C20H23F3N4O2/c1-25-18(26-11-15-6-7-16(29-15)17(24)28)27-12-19(8-3-9-19)13-4-2-5-14(10-13)20(21,22)23/h2,4-7,10H,3,8-9,11-12H2,1H3,(H2,24,28)(H2,25,26,27). The molecule has 0 saturated heterocycles. The van der Waals surface area contributed by atoms with Gasteiger partial charge in [0.1, 0.15) is 5.76 Å². The number of primary amides is 1. The summed E-state index contributed by atoms with van der Waals surface area (Å²) in [5.74, 6) is 0.424. The van der Waals surface area contributed by atoms with E-state index in [4.69, 9.17) is 10.2 Å². The van der Waals surface area contributed by atoms with Gasteiger partial charge in [0, 0.05) is 19.0 Å². The van der Waals surface area contributed by atoms with Gasteiger partial charge in [-0.15, -0.1) is 0 Å². The molecule has 0 spiro atoms. The van der Waals surface area contributed by atoms with Gasteiger partial charge < -0.3 is 20.8 Å². The average Bonchev–Trinajstić information content (AvgIpc) is 3.12. The number of carbonyl (C=O) groups is 1. The van der Waals surface area contributed by atoms with Crippen molar-refractivity contribution in [3.05, 3.63) is 59.0 Å². The molecular formula is C20H23F3N4O2. The number of halogens is 3. The normalized spacial score (nSPS) is 16.2. The molecule has 1 amide bonds. The first-order chi connectivity index (χ1) is 13.7. The molecule has 0 bridgehead atoms. The number of nitrogens with one attached hydrogen (secondary N) is 2. The van der Waals surface area contributed by atoms with E-state index in [1.165, 1.54) is 18.2 Å². The van der Waals surface area contributed by atoms with Gasteiger partial charge in [-0.1, -0.05) is 24.6 Å². The number of aliphatic imine (C=N–C) groups is 1. The fraction of sp³-hybridized carbons (Fsp3) is 0.400. The van der Waals surface area contributed by atoms with E-state index in [1.807, 2.05) is 0 Å². The van der Waals surface area contributed by atoms with Crippen LogP contribution in [0.5, 0.6) is 0 Å². The molecule has 0 aliphatic heterocycles. The molecule has 2 aromatic rings. The molecule has 4 N–H and O–H groups in total. The molecular weight excluding hydrogens is 385 g/mol. The lowest BCUT2D eigenvalue weighted by atomic mass is 9.64. The number of hydrogen-bond donors (Lipinski definition) is 3. The number of nitrogens with two attached hydrogens (primary N) is 1. The molecule has 6 nitrogen and oxygen atoms in total. The first-order valence-electron chi connectivity index (χ1n) is 9.24. The third-order valence-electron chi connectivity index (χ3n) is 5.27. The van der Waals surface area contributed by atoms with Crippen molar-refractivity contribution in [3.63, 3.8) is 0 Å². The third-order valence-corrected chi connectivity index (χ3v) is 5.27. The highest BCUT2D eigenvalue weighted by molar-refractivity contribution is 5.89. The third kappa shape index (κ3) is 4.72. The van der Waals surface area contributed by atoms with Crippen LogP contribution in [0.15, 0.2) is 45.8 Å². The second-order valence-corrected chi connectivity index (χ2v) is 7.12. The van der Waals surface area contributed by atoms with E-state index in [9.17, 15) is 18.0 Å². The zero-order valence-corrected chi connectivity index (χ0v) is 16.0. The molecule has 1 saturated carbocycles. The molecule has 0 radical (unpaired) electrons. The quantitative estimate of drug-likeness (QED) is 0.506. The second-order valence-electron chi connectivity index (χ2n) is 7.12. The van der Waals surface area contributed by atoms with Crippen LogP contribution in [0.4, 0.5) is 13.2 Å². The summed E-state index contributed by atoms with van der Waals surface area (Å²) >= 11 is 0. The number of benzene rings is 1. The number of amides is 1. The molecule has 9 heteroatoms. The monoisotopic (exact) mass is 408 g/mol. The Hall–Kier alpha value is -2.97. The van der Waals surface area contributed by atoms with Gasteiger partial charge in [-0.3, -0.25) is 9.79 Å². The summed E-state index contributed by atoms with van der Waals surface area (Å²) in [6.45, 7) is 0.738. The lowest BCUT2D eigenvalue weighted by Gasteiger charge is -2.43. The van der Waals surface area contributed by atoms with E-state index in [-0.39, 0.29) is 17.7 Å². The van der Waals surface area contributed by atoms with Crippen LogP contribution in [-0.4, -0.2) is 25.5 Å². The summed E-state index contributed by atoms with van der Waals surface area (Å²) in [4.78, 5) is 15.2. The second kappa shape index (κ2) is 8.18. The number of hydrogen-bond acceptors (Lipinski definition) is 3. The van der Waals surface area contributed by atoms with Crippen LogP contribution < -0.4 is 16.4 Å². The Bertz CT molecular complexity index is 901. The molecule has 156 valence electrons. The van der Waals surface area contributed by atoms with Crippen molar-refractivity contribution in [2.75, 3.05) is 13.6 Å². The highest BCUT2D eigenvalue weighted by Gasteiger charge is 2.40. The van der Waals surface area contributed by atoms with Crippen molar-refractivity contribution in [2.24, 2.45) is 10.7 Å². The number of alkyl halides is 3. The molecule has 0 unspecified atom stereocenters. The van der Waals surface area contributed by atoms with Crippen molar-refractivity contribution in [2.45, 2.75) is 37.4 Å². The van der Waals surface area contributed by atoms with Gasteiger partial charge in [0.2, 0.25) is 0 Å². The predicted molar refractivity (Wildman–Crippen MR) is 102 cm³/mol. The fourth-order valence-corrected chi connectivity index (χ4v) is 3.45. The number of rotatable bonds is 6. The minimum atomic E-state index is -4.36. The summed E-state index contributed by atoms with van der Waals surface area (Å²) in [7, 11) is 1.60.